The van der Waals surface area contributed by atoms with E-state index < -0.39 is 0 Å². The van der Waals surface area contributed by atoms with E-state index in [1.807, 2.05) is 60.7 Å². The number of carbonyl (C=O) groups is 1. The van der Waals surface area contributed by atoms with Crippen LogP contribution in [-0.4, -0.2) is 10.8 Å². The number of hydrogen-bond donors (Lipinski definition) is 0. The van der Waals surface area contributed by atoms with E-state index in [9.17, 15) is 4.79 Å². The Morgan fingerprint density at radius 1 is 0.826 bits per heavy atom. The zero-order valence-electron chi connectivity index (χ0n) is 12.7. The monoisotopic (exact) mass is 303 g/mol. The molecule has 0 fully saturated rings. The standard InChI is InChI=1S/C20H17NO2/c22-20(19-8-4-5-13-21-19)14-16-9-11-18(12-10-16)23-15-17-6-2-1-3-7-17/h1-13H,14-15H2. The average Bonchev–Trinajstić information content (AvgIpc) is 2.63. The van der Waals surface area contributed by atoms with Crippen molar-refractivity contribution in [1.29, 1.82) is 0 Å². The van der Waals surface area contributed by atoms with Gasteiger partial charge in [0.2, 0.25) is 0 Å². The van der Waals surface area contributed by atoms with Crippen LogP contribution in [-0.2, 0) is 13.0 Å². The lowest BCUT2D eigenvalue weighted by molar-refractivity contribution is 0.0988. The predicted molar refractivity (Wildman–Crippen MR) is 89.5 cm³/mol. The van der Waals surface area contributed by atoms with Gasteiger partial charge in [-0.1, -0.05) is 48.5 Å². The Labute approximate surface area is 135 Å². The summed E-state index contributed by atoms with van der Waals surface area (Å²) < 4.78 is 5.74. The molecule has 3 heteroatoms. The van der Waals surface area contributed by atoms with Gasteiger partial charge in [-0.3, -0.25) is 9.78 Å². The molecule has 0 bridgehead atoms. The highest BCUT2D eigenvalue weighted by Crippen LogP contribution is 2.15. The molecule has 0 saturated carbocycles. The summed E-state index contributed by atoms with van der Waals surface area (Å²) in [4.78, 5) is 16.2. The molecule has 1 aromatic heterocycles. The zero-order valence-corrected chi connectivity index (χ0v) is 12.7. The fourth-order valence-corrected chi connectivity index (χ4v) is 2.25. The van der Waals surface area contributed by atoms with Crippen LogP contribution in [0.5, 0.6) is 5.75 Å². The highest BCUT2D eigenvalue weighted by Gasteiger charge is 2.07. The first kappa shape index (κ1) is 15.0. The third-order valence-corrected chi connectivity index (χ3v) is 3.49. The summed E-state index contributed by atoms with van der Waals surface area (Å²) in [6.07, 6.45) is 1.98. The molecule has 0 radical (unpaired) electrons. The summed E-state index contributed by atoms with van der Waals surface area (Å²) in [7, 11) is 0. The van der Waals surface area contributed by atoms with Crippen LogP contribution >= 0.6 is 0 Å². The molecule has 0 unspecified atom stereocenters. The second-order valence-electron chi connectivity index (χ2n) is 5.23. The number of ether oxygens (including phenoxy) is 1. The van der Waals surface area contributed by atoms with E-state index in [1.165, 1.54) is 0 Å². The molecular weight excluding hydrogens is 286 g/mol. The van der Waals surface area contributed by atoms with Crippen molar-refractivity contribution in [2.24, 2.45) is 0 Å². The van der Waals surface area contributed by atoms with Gasteiger partial charge in [0.25, 0.3) is 0 Å². The summed E-state index contributed by atoms with van der Waals surface area (Å²) in [5, 5.41) is 0. The lowest BCUT2D eigenvalue weighted by atomic mass is 10.1. The maximum atomic E-state index is 12.1. The maximum absolute atomic E-state index is 12.1. The molecule has 0 atom stereocenters. The Morgan fingerprint density at radius 3 is 2.26 bits per heavy atom. The molecule has 0 saturated heterocycles. The highest BCUT2D eigenvalue weighted by molar-refractivity contribution is 5.95. The highest BCUT2D eigenvalue weighted by atomic mass is 16.5. The average molecular weight is 303 g/mol. The predicted octanol–water partition coefficient (Wildman–Crippen LogP) is 4.09. The molecule has 1 heterocycles. The van der Waals surface area contributed by atoms with Gasteiger partial charge >= 0.3 is 0 Å². The van der Waals surface area contributed by atoms with Crippen LogP contribution in [0.25, 0.3) is 0 Å². The Bertz CT molecular complexity index is 753. The summed E-state index contributed by atoms with van der Waals surface area (Å²) >= 11 is 0. The van der Waals surface area contributed by atoms with E-state index in [1.54, 1.807) is 18.3 Å². The van der Waals surface area contributed by atoms with Crippen LogP contribution in [0.2, 0.25) is 0 Å². The molecule has 3 rings (SSSR count). The van der Waals surface area contributed by atoms with Crippen LogP contribution in [0, 0.1) is 0 Å². The number of ketones is 1. The van der Waals surface area contributed by atoms with Gasteiger partial charge in [-0.05, 0) is 35.4 Å². The lowest BCUT2D eigenvalue weighted by Gasteiger charge is -2.07. The van der Waals surface area contributed by atoms with Crippen molar-refractivity contribution in [3.05, 3.63) is 95.8 Å². The normalized spacial score (nSPS) is 10.3. The van der Waals surface area contributed by atoms with E-state index in [0.29, 0.717) is 18.7 Å². The minimum atomic E-state index is 0.0172. The molecule has 0 aliphatic rings. The smallest absolute Gasteiger partial charge is 0.185 e. The van der Waals surface area contributed by atoms with Gasteiger partial charge in [-0.25, -0.2) is 0 Å². The number of rotatable bonds is 6. The van der Waals surface area contributed by atoms with Gasteiger partial charge < -0.3 is 4.74 Å². The molecule has 0 spiro atoms. The number of carbonyl (C=O) groups excluding carboxylic acids is 1. The van der Waals surface area contributed by atoms with Crippen molar-refractivity contribution in [2.45, 2.75) is 13.0 Å². The van der Waals surface area contributed by atoms with Crippen LogP contribution in [0.1, 0.15) is 21.6 Å². The third kappa shape index (κ3) is 4.27. The Hall–Kier alpha value is -2.94. The third-order valence-electron chi connectivity index (χ3n) is 3.49. The fraction of sp³-hybridized carbons (Fsp3) is 0.100. The van der Waals surface area contributed by atoms with Crippen molar-refractivity contribution < 1.29 is 9.53 Å². The largest absolute Gasteiger partial charge is 0.489 e. The van der Waals surface area contributed by atoms with Crippen LogP contribution in [0.15, 0.2) is 79.0 Å². The number of nitrogens with zero attached hydrogens (tertiary/aromatic N) is 1. The van der Waals surface area contributed by atoms with Crippen molar-refractivity contribution in [3.63, 3.8) is 0 Å². The summed E-state index contributed by atoms with van der Waals surface area (Å²) in [6.45, 7) is 0.535. The summed E-state index contributed by atoms with van der Waals surface area (Å²) in [5.41, 5.74) is 2.58. The maximum Gasteiger partial charge on any atom is 0.185 e. The molecule has 114 valence electrons. The molecule has 0 aliphatic heterocycles. The summed E-state index contributed by atoms with van der Waals surface area (Å²) in [5.74, 6) is 0.812. The second-order valence-corrected chi connectivity index (χ2v) is 5.23. The topological polar surface area (TPSA) is 39.2 Å². The van der Waals surface area contributed by atoms with Crippen molar-refractivity contribution in [1.82, 2.24) is 4.98 Å². The van der Waals surface area contributed by atoms with Crippen molar-refractivity contribution in [2.75, 3.05) is 0 Å². The van der Waals surface area contributed by atoms with E-state index >= 15 is 0 Å². The van der Waals surface area contributed by atoms with E-state index in [-0.39, 0.29) is 5.78 Å². The van der Waals surface area contributed by atoms with Gasteiger partial charge in [0.1, 0.15) is 18.1 Å². The molecule has 3 nitrogen and oxygen atoms in total. The van der Waals surface area contributed by atoms with Gasteiger partial charge in [0, 0.05) is 12.6 Å². The summed E-state index contributed by atoms with van der Waals surface area (Å²) in [6, 6.07) is 23.0. The van der Waals surface area contributed by atoms with E-state index in [4.69, 9.17) is 4.74 Å². The fourth-order valence-electron chi connectivity index (χ4n) is 2.25. The minimum absolute atomic E-state index is 0.0172. The molecule has 2 aromatic carbocycles. The molecule has 3 aromatic rings. The second kappa shape index (κ2) is 7.36. The first-order valence-electron chi connectivity index (χ1n) is 7.51. The van der Waals surface area contributed by atoms with Crippen molar-refractivity contribution >= 4 is 5.78 Å². The number of aromatic nitrogens is 1. The zero-order chi connectivity index (χ0) is 15.9. The van der Waals surface area contributed by atoms with E-state index in [2.05, 4.69) is 4.98 Å². The molecule has 23 heavy (non-hydrogen) atoms. The number of pyridine rings is 1. The molecule has 0 aliphatic carbocycles. The lowest BCUT2D eigenvalue weighted by Crippen LogP contribution is -2.05. The number of hydrogen-bond acceptors (Lipinski definition) is 3. The van der Waals surface area contributed by atoms with Gasteiger partial charge in [-0.15, -0.1) is 0 Å². The van der Waals surface area contributed by atoms with Crippen LogP contribution < -0.4 is 4.74 Å². The Kier molecular flexibility index (Phi) is 4.79. The molecule has 0 amide bonds. The first-order chi connectivity index (χ1) is 11.3. The molecule has 0 N–H and O–H groups in total. The Balaban J connectivity index is 1.58. The number of Topliss-reactive ketones (excluding diaryl/α,β-unsaturated/α-hetero) is 1. The quantitative estimate of drug-likeness (QED) is 0.644. The van der Waals surface area contributed by atoms with Crippen LogP contribution in [0.3, 0.4) is 0 Å². The van der Waals surface area contributed by atoms with E-state index in [0.717, 1.165) is 16.9 Å². The SMILES string of the molecule is O=C(Cc1ccc(OCc2ccccc2)cc1)c1ccccn1. The number of benzene rings is 2. The Morgan fingerprint density at radius 2 is 1.57 bits per heavy atom. The molecular formula is C20H17NO2. The van der Waals surface area contributed by atoms with Crippen LogP contribution in [0.4, 0.5) is 0 Å². The van der Waals surface area contributed by atoms with Gasteiger partial charge in [0.05, 0.1) is 0 Å². The van der Waals surface area contributed by atoms with Gasteiger partial charge in [0.15, 0.2) is 5.78 Å². The van der Waals surface area contributed by atoms with Crippen molar-refractivity contribution in [3.8, 4) is 5.75 Å². The van der Waals surface area contributed by atoms with Gasteiger partial charge in [-0.2, -0.15) is 0 Å². The minimum Gasteiger partial charge on any atom is -0.489 e. The first-order valence-corrected chi connectivity index (χ1v) is 7.51.